The molecule has 0 amide bonds. The Hall–Kier alpha value is -3.41. The van der Waals surface area contributed by atoms with Crippen LogP contribution in [0.1, 0.15) is 24.5 Å². The number of nitrogens with zero attached hydrogens (tertiary/aromatic N) is 4. The highest BCUT2D eigenvalue weighted by molar-refractivity contribution is 5.72. The van der Waals surface area contributed by atoms with Gasteiger partial charge in [0.15, 0.2) is 11.2 Å². The standard InChI is InChI=1S/C22H22N4O2/c1-3-13-24-15-23-20-19(24)21(27)25(14-17-7-5-4-6-8-17)22(28)26(20)18-11-9-16(2)10-12-18/h4-12,15H,3,13-14H2,1-2H3. The number of aromatic nitrogens is 4. The highest BCUT2D eigenvalue weighted by atomic mass is 16.2. The molecule has 0 spiro atoms. The molecule has 0 aliphatic rings. The Morgan fingerprint density at radius 2 is 1.68 bits per heavy atom. The van der Waals surface area contributed by atoms with Crippen molar-refractivity contribution in [2.24, 2.45) is 0 Å². The van der Waals surface area contributed by atoms with Crippen molar-refractivity contribution in [2.45, 2.75) is 33.4 Å². The average molecular weight is 374 g/mol. The van der Waals surface area contributed by atoms with E-state index in [0.717, 1.165) is 17.5 Å². The van der Waals surface area contributed by atoms with Crippen LogP contribution >= 0.6 is 0 Å². The van der Waals surface area contributed by atoms with Gasteiger partial charge in [-0.2, -0.15) is 0 Å². The van der Waals surface area contributed by atoms with Crippen molar-refractivity contribution in [1.29, 1.82) is 0 Å². The van der Waals surface area contributed by atoms with E-state index in [4.69, 9.17) is 0 Å². The molecular weight excluding hydrogens is 352 g/mol. The maximum absolute atomic E-state index is 13.3. The summed E-state index contributed by atoms with van der Waals surface area (Å²) in [5.74, 6) is 0. The van der Waals surface area contributed by atoms with Crippen LogP contribution in [0.15, 0.2) is 70.5 Å². The second-order valence-corrected chi connectivity index (χ2v) is 6.94. The zero-order valence-electron chi connectivity index (χ0n) is 16.0. The van der Waals surface area contributed by atoms with Crippen LogP contribution in [0, 0.1) is 6.92 Å². The van der Waals surface area contributed by atoms with E-state index in [1.165, 1.54) is 9.13 Å². The summed E-state index contributed by atoms with van der Waals surface area (Å²) in [7, 11) is 0. The van der Waals surface area contributed by atoms with Crippen molar-refractivity contribution >= 4 is 11.2 Å². The van der Waals surface area contributed by atoms with Crippen molar-refractivity contribution in [3.63, 3.8) is 0 Å². The molecular formula is C22H22N4O2. The summed E-state index contributed by atoms with van der Waals surface area (Å²) in [6.07, 6.45) is 2.51. The fourth-order valence-electron chi connectivity index (χ4n) is 3.42. The van der Waals surface area contributed by atoms with Gasteiger partial charge >= 0.3 is 5.69 Å². The highest BCUT2D eigenvalue weighted by Gasteiger charge is 2.19. The van der Waals surface area contributed by atoms with Crippen molar-refractivity contribution in [3.8, 4) is 5.69 Å². The van der Waals surface area contributed by atoms with Gasteiger partial charge in [0.05, 0.1) is 18.6 Å². The van der Waals surface area contributed by atoms with E-state index in [-0.39, 0.29) is 17.8 Å². The highest BCUT2D eigenvalue weighted by Crippen LogP contribution is 2.14. The molecule has 2 aromatic carbocycles. The van der Waals surface area contributed by atoms with E-state index in [0.29, 0.717) is 23.4 Å². The van der Waals surface area contributed by atoms with Crippen LogP contribution in [0.3, 0.4) is 0 Å². The van der Waals surface area contributed by atoms with Crippen molar-refractivity contribution in [1.82, 2.24) is 18.7 Å². The minimum atomic E-state index is -0.382. The minimum absolute atomic E-state index is 0.220. The maximum Gasteiger partial charge on any atom is 0.337 e. The number of imidazole rings is 1. The monoisotopic (exact) mass is 374 g/mol. The summed E-state index contributed by atoms with van der Waals surface area (Å²) in [5, 5.41) is 0. The molecule has 2 heterocycles. The lowest BCUT2D eigenvalue weighted by molar-refractivity contribution is 0.662. The van der Waals surface area contributed by atoms with Crippen LogP contribution in [0.5, 0.6) is 0 Å². The molecule has 0 bridgehead atoms. The van der Waals surface area contributed by atoms with Crippen molar-refractivity contribution < 1.29 is 0 Å². The first-order chi connectivity index (χ1) is 13.6. The molecule has 0 aliphatic heterocycles. The van der Waals surface area contributed by atoms with E-state index in [9.17, 15) is 9.59 Å². The first kappa shape index (κ1) is 18.0. The molecule has 0 unspecified atom stereocenters. The molecule has 0 saturated heterocycles. The zero-order valence-corrected chi connectivity index (χ0v) is 16.0. The van der Waals surface area contributed by atoms with Crippen LogP contribution in [0.25, 0.3) is 16.9 Å². The Kier molecular flexibility index (Phi) is 4.69. The quantitative estimate of drug-likeness (QED) is 0.539. The summed E-state index contributed by atoms with van der Waals surface area (Å²) in [6, 6.07) is 17.2. The van der Waals surface area contributed by atoms with E-state index >= 15 is 0 Å². The van der Waals surface area contributed by atoms with Crippen molar-refractivity contribution in [3.05, 3.63) is 92.9 Å². The Balaban J connectivity index is 2.03. The molecule has 0 saturated carbocycles. The molecule has 0 atom stereocenters. The number of hydrogen-bond donors (Lipinski definition) is 0. The van der Waals surface area contributed by atoms with Gasteiger partial charge in [0, 0.05) is 6.54 Å². The van der Waals surface area contributed by atoms with Crippen LogP contribution in [0.4, 0.5) is 0 Å². The smallest absolute Gasteiger partial charge is 0.325 e. The van der Waals surface area contributed by atoms with Gasteiger partial charge in [-0.05, 0) is 31.0 Å². The summed E-state index contributed by atoms with van der Waals surface area (Å²) >= 11 is 0. The van der Waals surface area contributed by atoms with E-state index in [1.54, 1.807) is 6.33 Å². The predicted molar refractivity (Wildman–Crippen MR) is 110 cm³/mol. The number of rotatable bonds is 5. The minimum Gasteiger partial charge on any atom is -0.325 e. The molecule has 6 nitrogen and oxygen atoms in total. The summed E-state index contributed by atoms with van der Waals surface area (Å²) < 4.78 is 4.67. The first-order valence-electron chi connectivity index (χ1n) is 9.42. The largest absolute Gasteiger partial charge is 0.337 e. The third-order valence-electron chi connectivity index (χ3n) is 4.84. The first-order valence-corrected chi connectivity index (χ1v) is 9.42. The van der Waals surface area contributed by atoms with Crippen LogP contribution in [-0.2, 0) is 13.1 Å². The summed E-state index contributed by atoms with van der Waals surface area (Å²) in [4.78, 5) is 31.0. The molecule has 0 fully saturated rings. The topological polar surface area (TPSA) is 61.8 Å². The lowest BCUT2D eigenvalue weighted by Crippen LogP contribution is -2.40. The fourth-order valence-corrected chi connectivity index (χ4v) is 3.42. The Morgan fingerprint density at radius 1 is 0.964 bits per heavy atom. The van der Waals surface area contributed by atoms with Gasteiger partial charge in [0.25, 0.3) is 5.56 Å². The second kappa shape index (κ2) is 7.31. The molecule has 0 N–H and O–H groups in total. The van der Waals surface area contributed by atoms with Crippen LogP contribution in [0.2, 0.25) is 0 Å². The van der Waals surface area contributed by atoms with Crippen molar-refractivity contribution in [2.75, 3.05) is 0 Å². The number of fused-ring (bicyclic) bond motifs is 1. The van der Waals surface area contributed by atoms with Gasteiger partial charge in [0.1, 0.15) is 0 Å². The SMILES string of the molecule is CCCn1cnc2c1c(=O)n(Cc1ccccc1)c(=O)n2-c1ccc(C)cc1. The Labute approximate surface area is 162 Å². The molecule has 4 aromatic rings. The number of benzene rings is 2. The normalized spacial score (nSPS) is 11.2. The number of aryl methyl sites for hydroxylation is 2. The van der Waals surface area contributed by atoms with E-state index in [1.807, 2.05) is 73.0 Å². The third kappa shape index (κ3) is 3.07. The fraction of sp³-hybridized carbons (Fsp3) is 0.227. The van der Waals surface area contributed by atoms with E-state index in [2.05, 4.69) is 4.98 Å². The summed E-state index contributed by atoms with van der Waals surface area (Å²) in [5.41, 5.74) is 2.86. The van der Waals surface area contributed by atoms with Gasteiger partial charge in [-0.15, -0.1) is 0 Å². The molecule has 0 radical (unpaired) electrons. The van der Waals surface area contributed by atoms with Gasteiger partial charge in [-0.1, -0.05) is 55.0 Å². The van der Waals surface area contributed by atoms with Gasteiger partial charge in [0.2, 0.25) is 0 Å². The van der Waals surface area contributed by atoms with Gasteiger partial charge < -0.3 is 4.57 Å². The second-order valence-electron chi connectivity index (χ2n) is 6.94. The Morgan fingerprint density at radius 3 is 2.36 bits per heavy atom. The number of hydrogen-bond acceptors (Lipinski definition) is 3. The predicted octanol–water partition coefficient (Wildman–Crippen LogP) is 3.12. The molecule has 4 rings (SSSR count). The molecule has 28 heavy (non-hydrogen) atoms. The third-order valence-corrected chi connectivity index (χ3v) is 4.84. The lowest BCUT2D eigenvalue weighted by atomic mass is 10.2. The van der Waals surface area contributed by atoms with E-state index < -0.39 is 0 Å². The Bertz CT molecular complexity index is 1230. The molecule has 0 aliphatic carbocycles. The van der Waals surface area contributed by atoms with Gasteiger partial charge in [-0.25, -0.2) is 14.3 Å². The zero-order chi connectivity index (χ0) is 19.7. The maximum atomic E-state index is 13.3. The molecule has 6 heteroatoms. The lowest BCUT2D eigenvalue weighted by Gasteiger charge is -2.13. The average Bonchev–Trinajstić information content (AvgIpc) is 3.11. The van der Waals surface area contributed by atoms with Crippen LogP contribution < -0.4 is 11.2 Å². The molecule has 142 valence electrons. The summed E-state index contributed by atoms with van der Waals surface area (Å²) in [6.45, 7) is 4.93. The molecule has 2 aromatic heterocycles. The van der Waals surface area contributed by atoms with Gasteiger partial charge in [-0.3, -0.25) is 9.36 Å². The van der Waals surface area contributed by atoms with Crippen LogP contribution in [-0.4, -0.2) is 18.7 Å².